The first-order valence-corrected chi connectivity index (χ1v) is 6.12. The van der Waals surface area contributed by atoms with Gasteiger partial charge in [-0.2, -0.15) is 0 Å². The van der Waals surface area contributed by atoms with Gasteiger partial charge in [0.1, 0.15) is 5.75 Å². The summed E-state index contributed by atoms with van der Waals surface area (Å²) in [6, 6.07) is 7.52. The zero-order valence-corrected chi connectivity index (χ0v) is 12.1. The molecule has 0 aliphatic rings. The number of hydrogen-bond donors (Lipinski definition) is 0. The molecule has 0 spiro atoms. The number of halogens is 1. The molecule has 0 amide bonds. The number of aromatic nitrogens is 2. The van der Waals surface area contributed by atoms with Crippen LogP contribution in [0.5, 0.6) is 5.75 Å². The van der Waals surface area contributed by atoms with Gasteiger partial charge in [0.15, 0.2) is 23.0 Å². The predicted octanol–water partition coefficient (Wildman–Crippen LogP) is 3.76. The summed E-state index contributed by atoms with van der Waals surface area (Å²) >= 11 is 1.84. The Morgan fingerprint density at radius 3 is 2.24 bits per heavy atom. The van der Waals surface area contributed by atoms with Gasteiger partial charge in [0.05, 0.1) is 0 Å². The normalized spacial score (nSPS) is 11.5. The summed E-state index contributed by atoms with van der Waals surface area (Å²) < 4.78 is 10.7. The Kier molecular flexibility index (Phi) is 3.37. The lowest BCUT2D eigenvalue weighted by Gasteiger charge is -2.10. The highest BCUT2D eigenvalue weighted by Crippen LogP contribution is 2.26. The molecule has 2 aromatic rings. The van der Waals surface area contributed by atoms with Crippen LogP contribution in [-0.4, -0.2) is 10.2 Å². The fourth-order valence-electron chi connectivity index (χ4n) is 1.29. The van der Waals surface area contributed by atoms with E-state index in [2.05, 4.69) is 10.2 Å². The molecule has 1 heterocycles. The topological polar surface area (TPSA) is 48.2 Å². The van der Waals surface area contributed by atoms with E-state index in [-0.39, 0.29) is 5.41 Å². The molecule has 5 heteroatoms. The monoisotopic (exact) mass is 344 g/mol. The van der Waals surface area contributed by atoms with E-state index in [9.17, 15) is 0 Å². The van der Waals surface area contributed by atoms with Gasteiger partial charge in [0.25, 0.3) is 0 Å². The van der Waals surface area contributed by atoms with Crippen LogP contribution in [0.3, 0.4) is 0 Å². The summed E-state index contributed by atoms with van der Waals surface area (Å²) in [6.07, 6.45) is 0. The molecule has 0 aliphatic heterocycles. The van der Waals surface area contributed by atoms with Crippen molar-refractivity contribution in [1.82, 2.24) is 10.2 Å². The Morgan fingerprint density at radius 1 is 1.12 bits per heavy atom. The van der Waals surface area contributed by atoms with Gasteiger partial charge in [-0.25, -0.2) is 0 Å². The minimum atomic E-state index is -0.128. The third-order valence-electron chi connectivity index (χ3n) is 2.26. The van der Waals surface area contributed by atoms with Crippen molar-refractivity contribution in [3.05, 3.63) is 30.2 Å². The minimum Gasteiger partial charge on any atom is -0.428 e. The van der Waals surface area contributed by atoms with Crippen molar-refractivity contribution in [2.75, 3.05) is 0 Å². The molecule has 1 aromatic carbocycles. The Labute approximate surface area is 114 Å². The van der Waals surface area contributed by atoms with Gasteiger partial charge < -0.3 is 7.48 Å². The lowest BCUT2D eigenvalue weighted by atomic mass is 9.97. The standard InChI is InChI=1S/C12H13IN2O2/c1-12(2,3)11-15-14-10(16-11)8-4-6-9(17-13)7-5-8/h4-7H,1-3H3. The smallest absolute Gasteiger partial charge is 0.247 e. The molecule has 0 atom stereocenters. The largest absolute Gasteiger partial charge is 0.428 e. The summed E-state index contributed by atoms with van der Waals surface area (Å²) in [4.78, 5) is 0. The molecule has 0 saturated heterocycles. The first-order valence-electron chi connectivity index (χ1n) is 5.24. The molecule has 0 radical (unpaired) electrons. The van der Waals surface area contributed by atoms with E-state index >= 15 is 0 Å². The first-order chi connectivity index (χ1) is 8.00. The Morgan fingerprint density at radius 2 is 1.76 bits per heavy atom. The fourth-order valence-corrected chi connectivity index (χ4v) is 1.59. The summed E-state index contributed by atoms with van der Waals surface area (Å²) in [5.41, 5.74) is 0.765. The molecule has 4 nitrogen and oxygen atoms in total. The molecule has 0 aliphatic carbocycles. The average Bonchev–Trinajstić information content (AvgIpc) is 2.78. The second-order valence-corrected chi connectivity index (χ2v) is 5.20. The fraction of sp³-hybridized carbons (Fsp3) is 0.333. The highest BCUT2D eigenvalue weighted by atomic mass is 127. The number of benzene rings is 1. The lowest BCUT2D eigenvalue weighted by Crippen LogP contribution is -2.11. The van der Waals surface area contributed by atoms with E-state index in [4.69, 9.17) is 7.48 Å². The molecule has 0 bridgehead atoms. The van der Waals surface area contributed by atoms with Crippen LogP contribution in [0.2, 0.25) is 0 Å². The van der Waals surface area contributed by atoms with Gasteiger partial charge in [-0.1, -0.05) is 20.8 Å². The highest BCUT2D eigenvalue weighted by molar-refractivity contribution is 14.1. The Bertz CT molecular complexity index is 500. The molecule has 1 aromatic heterocycles. The van der Waals surface area contributed by atoms with Gasteiger partial charge in [0.2, 0.25) is 11.8 Å². The first kappa shape index (κ1) is 12.3. The van der Waals surface area contributed by atoms with Crippen molar-refractivity contribution < 1.29 is 7.48 Å². The van der Waals surface area contributed by atoms with Crippen molar-refractivity contribution in [3.8, 4) is 17.2 Å². The van der Waals surface area contributed by atoms with Crippen molar-refractivity contribution in [3.63, 3.8) is 0 Å². The molecule has 0 N–H and O–H groups in total. The average molecular weight is 344 g/mol. The van der Waals surface area contributed by atoms with Crippen molar-refractivity contribution in [2.24, 2.45) is 0 Å². The van der Waals surface area contributed by atoms with E-state index in [0.717, 1.165) is 11.3 Å². The zero-order valence-electron chi connectivity index (χ0n) is 9.90. The third-order valence-corrected chi connectivity index (χ3v) is 2.77. The second-order valence-electron chi connectivity index (χ2n) is 4.76. The summed E-state index contributed by atoms with van der Waals surface area (Å²) in [5.74, 6) is 1.97. The van der Waals surface area contributed by atoms with Gasteiger partial charge in [-0.15, -0.1) is 10.2 Å². The van der Waals surface area contributed by atoms with Crippen LogP contribution in [0.25, 0.3) is 11.5 Å². The molecule has 0 fully saturated rings. The Hall–Kier alpha value is -1.11. The van der Waals surface area contributed by atoms with Gasteiger partial charge in [0, 0.05) is 11.0 Å². The maximum atomic E-state index is 5.64. The molecule has 0 saturated carbocycles. The molecule has 0 unspecified atom stereocenters. The molecular weight excluding hydrogens is 331 g/mol. The van der Waals surface area contributed by atoms with Crippen LogP contribution in [0.1, 0.15) is 26.7 Å². The van der Waals surface area contributed by atoms with E-state index in [0.29, 0.717) is 11.8 Å². The van der Waals surface area contributed by atoms with Crippen LogP contribution in [-0.2, 0) is 5.41 Å². The van der Waals surface area contributed by atoms with E-state index in [1.165, 1.54) is 0 Å². The molecule has 17 heavy (non-hydrogen) atoms. The van der Waals surface area contributed by atoms with Crippen molar-refractivity contribution >= 4 is 23.0 Å². The van der Waals surface area contributed by atoms with Crippen molar-refractivity contribution in [2.45, 2.75) is 26.2 Å². The van der Waals surface area contributed by atoms with Crippen LogP contribution in [0.15, 0.2) is 28.7 Å². The second kappa shape index (κ2) is 4.64. The maximum absolute atomic E-state index is 5.64. The third kappa shape index (κ3) is 2.77. The number of nitrogens with zero attached hydrogens (tertiary/aromatic N) is 2. The van der Waals surface area contributed by atoms with Crippen LogP contribution < -0.4 is 3.07 Å². The van der Waals surface area contributed by atoms with Gasteiger partial charge >= 0.3 is 0 Å². The van der Waals surface area contributed by atoms with Crippen LogP contribution in [0, 0.1) is 0 Å². The van der Waals surface area contributed by atoms with Gasteiger partial charge in [-0.05, 0) is 24.3 Å². The van der Waals surface area contributed by atoms with Crippen LogP contribution >= 0.6 is 23.0 Å². The lowest BCUT2D eigenvalue weighted by molar-refractivity contribution is 0.399. The summed E-state index contributed by atoms with van der Waals surface area (Å²) in [7, 11) is 0. The SMILES string of the molecule is CC(C)(C)c1nnc(-c2ccc(OI)cc2)o1. The molecular formula is C12H13IN2O2. The zero-order chi connectivity index (χ0) is 12.5. The minimum absolute atomic E-state index is 0.128. The number of rotatable bonds is 2. The predicted molar refractivity (Wildman–Crippen MR) is 73.1 cm³/mol. The highest BCUT2D eigenvalue weighted by Gasteiger charge is 2.21. The molecule has 90 valence electrons. The Balaban J connectivity index is 2.30. The summed E-state index contributed by atoms with van der Waals surface area (Å²) in [5, 5.41) is 8.11. The van der Waals surface area contributed by atoms with Gasteiger partial charge in [-0.3, -0.25) is 0 Å². The summed E-state index contributed by atoms with van der Waals surface area (Å²) in [6.45, 7) is 6.12. The van der Waals surface area contributed by atoms with Crippen molar-refractivity contribution in [1.29, 1.82) is 0 Å². The van der Waals surface area contributed by atoms with E-state index in [1.807, 2.05) is 68.0 Å². The number of hydrogen-bond acceptors (Lipinski definition) is 4. The molecule has 2 rings (SSSR count). The maximum Gasteiger partial charge on any atom is 0.247 e. The van der Waals surface area contributed by atoms with E-state index < -0.39 is 0 Å². The van der Waals surface area contributed by atoms with E-state index in [1.54, 1.807) is 0 Å². The van der Waals surface area contributed by atoms with Crippen LogP contribution in [0.4, 0.5) is 0 Å². The quantitative estimate of drug-likeness (QED) is 0.779.